The summed E-state index contributed by atoms with van der Waals surface area (Å²) in [5.41, 5.74) is 0. The highest BCUT2D eigenvalue weighted by Crippen LogP contribution is 2.20. The molecule has 2 atom stereocenters. The van der Waals surface area contributed by atoms with E-state index in [4.69, 9.17) is 4.74 Å². The molecule has 0 bridgehead atoms. The zero-order valence-corrected chi connectivity index (χ0v) is 5.68. The molecule has 0 N–H and O–H groups in total. The van der Waals surface area contributed by atoms with Crippen LogP contribution in [0.25, 0.3) is 0 Å². The molecule has 0 aromatic rings. The molecule has 0 aromatic heterocycles. The predicted octanol–water partition coefficient (Wildman–Crippen LogP) is 1.96. The van der Waals surface area contributed by atoms with E-state index in [1.165, 1.54) is 19.3 Å². The van der Waals surface area contributed by atoms with Crippen molar-refractivity contribution in [2.45, 2.75) is 45.3 Å². The van der Waals surface area contributed by atoms with Crippen molar-refractivity contribution in [3.63, 3.8) is 0 Å². The summed E-state index contributed by atoms with van der Waals surface area (Å²) < 4.78 is 5.51. The van der Waals surface area contributed by atoms with Gasteiger partial charge in [0.05, 0.1) is 12.2 Å². The summed E-state index contributed by atoms with van der Waals surface area (Å²) in [7, 11) is 0. The lowest BCUT2D eigenvalue weighted by atomic mass is 10.2. The van der Waals surface area contributed by atoms with Gasteiger partial charge in [0.25, 0.3) is 0 Å². The Kier molecular flexibility index (Phi) is 1.90. The Bertz CT molecular complexity index is 70.8. The molecule has 0 aliphatic carbocycles. The highest BCUT2D eigenvalue weighted by molar-refractivity contribution is 4.68. The fourth-order valence-electron chi connectivity index (χ4n) is 1.19. The maximum atomic E-state index is 5.51. The Hall–Kier alpha value is -0.0400. The average molecular weight is 114 g/mol. The summed E-state index contributed by atoms with van der Waals surface area (Å²) >= 11 is 0. The van der Waals surface area contributed by atoms with Gasteiger partial charge in [0, 0.05) is 0 Å². The molecule has 1 saturated heterocycles. The SMILES string of the molecule is CCC1CCC(C)O1. The lowest BCUT2D eigenvalue weighted by molar-refractivity contribution is 0.0540. The molecule has 8 heavy (non-hydrogen) atoms. The maximum absolute atomic E-state index is 5.51. The lowest BCUT2D eigenvalue weighted by Crippen LogP contribution is -2.05. The van der Waals surface area contributed by atoms with Crippen LogP contribution in [0.5, 0.6) is 0 Å². The van der Waals surface area contributed by atoms with Crippen molar-refractivity contribution >= 4 is 0 Å². The molecule has 1 heterocycles. The minimum Gasteiger partial charge on any atom is -0.375 e. The van der Waals surface area contributed by atoms with Gasteiger partial charge < -0.3 is 4.74 Å². The first kappa shape index (κ1) is 6.09. The standard InChI is InChI=1S/C7H14O/c1-3-7-5-4-6(2)8-7/h6-7H,3-5H2,1-2H3. The average Bonchev–Trinajstić information content (AvgIpc) is 2.14. The molecule has 0 amide bonds. The zero-order chi connectivity index (χ0) is 5.98. The van der Waals surface area contributed by atoms with Gasteiger partial charge >= 0.3 is 0 Å². The van der Waals surface area contributed by atoms with Crippen molar-refractivity contribution in [3.05, 3.63) is 0 Å². The van der Waals surface area contributed by atoms with Crippen molar-refractivity contribution < 1.29 is 4.74 Å². The van der Waals surface area contributed by atoms with Gasteiger partial charge in [-0.3, -0.25) is 0 Å². The van der Waals surface area contributed by atoms with E-state index in [9.17, 15) is 0 Å². The second kappa shape index (κ2) is 2.49. The van der Waals surface area contributed by atoms with Crippen molar-refractivity contribution in [2.75, 3.05) is 0 Å². The first-order valence-electron chi connectivity index (χ1n) is 3.48. The molecule has 0 aromatic carbocycles. The molecule has 1 aliphatic heterocycles. The van der Waals surface area contributed by atoms with Crippen LogP contribution in [0.15, 0.2) is 0 Å². The molecule has 2 unspecified atom stereocenters. The monoisotopic (exact) mass is 114 g/mol. The molecule has 1 rings (SSSR count). The van der Waals surface area contributed by atoms with Gasteiger partial charge in [0.2, 0.25) is 0 Å². The van der Waals surface area contributed by atoms with E-state index in [-0.39, 0.29) is 0 Å². The molecule has 0 radical (unpaired) electrons. The van der Waals surface area contributed by atoms with Gasteiger partial charge in [-0.15, -0.1) is 0 Å². The third-order valence-corrected chi connectivity index (χ3v) is 1.78. The summed E-state index contributed by atoms with van der Waals surface area (Å²) in [6.45, 7) is 4.33. The summed E-state index contributed by atoms with van der Waals surface area (Å²) in [5.74, 6) is 0. The van der Waals surface area contributed by atoms with Crippen molar-refractivity contribution in [3.8, 4) is 0 Å². The Morgan fingerprint density at radius 1 is 1.50 bits per heavy atom. The number of hydrogen-bond donors (Lipinski definition) is 0. The lowest BCUT2D eigenvalue weighted by Gasteiger charge is -2.05. The smallest absolute Gasteiger partial charge is 0.0577 e. The highest BCUT2D eigenvalue weighted by Gasteiger charge is 2.18. The van der Waals surface area contributed by atoms with Gasteiger partial charge in [0.1, 0.15) is 0 Å². The van der Waals surface area contributed by atoms with Crippen LogP contribution >= 0.6 is 0 Å². The highest BCUT2D eigenvalue weighted by atomic mass is 16.5. The molecular formula is C7H14O. The summed E-state index contributed by atoms with van der Waals surface area (Å²) in [5, 5.41) is 0. The van der Waals surface area contributed by atoms with Gasteiger partial charge in [-0.2, -0.15) is 0 Å². The summed E-state index contributed by atoms with van der Waals surface area (Å²) in [6, 6.07) is 0. The Morgan fingerprint density at radius 3 is 2.50 bits per heavy atom. The molecule has 48 valence electrons. The fourth-order valence-corrected chi connectivity index (χ4v) is 1.19. The largest absolute Gasteiger partial charge is 0.375 e. The molecule has 1 aliphatic rings. The van der Waals surface area contributed by atoms with E-state index in [1.54, 1.807) is 0 Å². The van der Waals surface area contributed by atoms with Crippen LogP contribution in [0.1, 0.15) is 33.1 Å². The van der Waals surface area contributed by atoms with Crippen LogP contribution < -0.4 is 0 Å². The minimum absolute atomic E-state index is 0.528. The van der Waals surface area contributed by atoms with Crippen LogP contribution in [0.4, 0.5) is 0 Å². The second-order valence-corrected chi connectivity index (χ2v) is 2.55. The van der Waals surface area contributed by atoms with E-state index >= 15 is 0 Å². The van der Waals surface area contributed by atoms with E-state index in [2.05, 4.69) is 13.8 Å². The maximum Gasteiger partial charge on any atom is 0.0577 e. The third-order valence-electron chi connectivity index (χ3n) is 1.78. The topological polar surface area (TPSA) is 9.23 Å². The van der Waals surface area contributed by atoms with Gasteiger partial charge in [-0.1, -0.05) is 6.92 Å². The first-order valence-corrected chi connectivity index (χ1v) is 3.48. The molecule has 0 saturated carbocycles. The second-order valence-electron chi connectivity index (χ2n) is 2.55. The Morgan fingerprint density at radius 2 is 2.25 bits per heavy atom. The molecule has 1 heteroatoms. The Labute approximate surface area is 51.0 Å². The number of rotatable bonds is 1. The normalized spacial score (nSPS) is 38.2. The van der Waals surface area contributed by atoms with Crippen LogP contribution in [-0.4, -0.2) is 12.2 Å². The summed E-state index contributed by atoms with van der Waals surface area (Å²) in [6.07, 6.45) is 4.82. The van der Waals surface area contributed by atoms with Crippen molar-refractivity contribution in [2.24, 2.45) is 0 Å². The minimum atomic E-state index is 0.528. The third kappa shape index (κ3) is 1.22. The van der Waals surface area contributed by atoms with Crippen LogP contribution in [-0.2, 0) is 4.74 Å². The predicted molar refractivity (Wildman–Crippen MR) is 33.9 cm³/mol. The summed E-state index contributed by atoms with van der Waals surface area (Å²) in [4.78, 5) is 0. The van der Waals surface area contributed by atoms with Crippen LogP contribution in [0.3, 0.4) is 0 Å². The van der Waals surface area contributed by atoms with Crippen LogP contribution in [0, 0.1) is 0 Å². The first-order chi connectivity index (χ1) is 3.83. The van der Waals surface area contributed by atoms with Gasteiger partial charge in [-0.25, -0.2) is 0 Å². The molecule has 1 fully saturated rings. The number of ether oxygens (including phenoxy) is 1. The van der Waals surface area contributed by atoms with Gasteiger partial charge in [-0.05, 0) is 26.2 Å². The van der Waals surface area contributed by atoms with Gasteiger partial charge in [0.15, 0.2) is 0 Å². The zero-order valence-electron chi connectivity index (χ0n) is 5.68. The van der Waals surface area contributed by atoms with E-state index in [0.29, 0.717) is 12.2 Å². The van der Waals surface area contributed by atoms with E-state index in [0.717, 1.165) is 0 Å². The quantitative estimate of drug-likeness (QED) is 0.506. The van der Waals surface area contributed by atoms with E-state index < -0.39 is 0 Å². The van der Waals surface area contributed by atoms with Crippen molar-refractivity contribution in [1.82, 2.24) is 0 Å². The Balaban J connectivity index is 2.22. The van der Waals surface area contributed by atoms with Crippen LogP contribution in [0.2, 0.25) is 0 Å². The fraction of sp³-hybridized carbons (Fsp3) is 1.00. The van der Waals surface area contributed by atoms with Crippen molar-refractivity contribution in [1.29, 1.82) is 0 Å². The number of hydrogen-bond acceptors (Lipinski definition) is 1. The van der Waals surface area contributed by atoms with E-state index in [1.807, 2.05) is 0 Å². The molecule has 1 nitrogen and oxygen atoms in total. The molecule has 0 spiro atoms. The molecular weight excluding hydrogens is 100 g/mol.